The Kier molecular flexibility index (Phi) is 5.75. The zero-order valence-electron chi connectivity index (χ0n) is 14.5. The third-order valence-corrected chi connectivity index (χ3v) is 4.55. The highest BCUT2D eigenvalue weighted by atomic mass is 32.1. The molecule has 0 saturated heterocycles. The third kappa shape index (κ3) is 4.27. The van der Waals surface area contributed by atoms with Crippen molar-refractivity contribution >= 4 is 27.3 Å². The standard InChI is InChI=1S/C17H17F2N5O2S/c1-2-4-10-9-13(25)24-17(22-10)27-16(23-24)21-8-7-20-15(26)14-11(18)5-3-6-12(14)19/h3,5-6,9H,2,4,7-8H2,1H3,(H,20,26)(H,21,23). The summed E-state index contributed by atoms with van der Waals surface area (Å²) in [4.78, 5) is 28.8. The summed E-state index contributed by atoms with van der Waals surface area (Å²) >= 11 is 1.21. The highest BCUT2D eigenvalue weighted by molar-refractivity contribution is 7.20. The minimum absolute atomic E-state index is 0.117. The molecule has 2 heterocycles. The number of halogens is 2. The quantitative estimate of drug-likeness (QED) is 0.601. The number of nitrogens with zero attached hydrogens (tertiary/aromatic N) is 3. The van der Waals surface area contributed by atoms with E-state index in [4.69, 9.17) is 0 Å². The van der Waals surface area contributed by atoms with Gasteiger partial charge in [-0.3, -0.25) is 9.59 Å². The van der Waals surface area contributed by atoms with E-state index >= 15 is 0 Å². The van der Waals surface area contributed by atoms with Crippen LogP contribution in [0.5, 0.6) is 0 Å². The molecule has 0 saturated carbocycles. The van der Waals surface area contributed by atoms with Crippen molar-refractivity contribution in [2.45, 2.75) is 19.8 Å². The predicted octanol–water partition coefficient (Wildman–Crippen LogP) is 2.22. The van der Waals surface area contributed by atoms with Gasteiger partial charge in [-0.2, -0.15) is 4.52 Å². The lowest BCUT2D eigenvalue weighted by Gasteiger charge is -2.07. The van der Waals surface area contributed by atoms with Gasteiger partial charge in [0.15, 0.2) is 0 Å². The molecule has 0 fully saturated rings. The van der Waals surface area contributed by atoms with Crippen LogP contribution < -0.4 is 16.2 Å². The Balaban J connectivity index is 1.60. The van der Waals surface area contributed by atoms with Gasteiger partial charge in [0.2, 0.25) is 10.1 Å². The lowest BCUT2D eigenvalue weighted by molar-refractivity contribution is 0.0946. The lowest BCUT2D eigenvalue weighted by Crippen LogP contribution is -2.30. The zero-order valence-corrected chi connectivity index (χ0v) is 15.3. The first-order chi connectivity index (χ1) is 13.0. The lowest BCUT2D eigenvalue weighted by atomic mass is 10.2. The maximum atomic E-state index is 13.6. The Hall–Kier alpha value is -2.88. The average Bonchev–Trinajstić information content (AvgIpc) is 3.02. The van der Waals surface area contributed by atoms with Crippen molar-refractivity contribution in [3.05, 3.63) is 57.5 Å². The van der Waals surface area contributed by atoms with E-state index in [1.54, 1.807) is 0 Å². The zero-order chi connectivity index (χ0) is 19.4. The van der Waals surface area contributed by atoms with Gasteiger partial charge in [-0.1, -0.05) is 30.7 Å². The summed E-state index contributed by atoms with van der Waals surface area (Å²) in [5, 5.41) is 9.98. The largest absolute Gasteiger partial charge is 0.358 e. The van der Waals surface area contributed by atoms with Crippen LogP contribution in [0.3, 0.4) is 0 Å². The van der Waals surface area contributed by atoms with Crippen molar-refractivity contribution in [3.63, 3.8) is 0 Å². The Bertz CT molecular complexity index is 1010. The second kappa shape index (κ2) is 8.21. The normalized spacial score (nSPS) is 10.9. The van der Waals surface area contributed by atoms with Crippen LogP contribution in [0.15, 0.2) is 29.1 Å². The van der Waals surface area contributed by atoms with E-state index < -0.39 is 23.1 Å². The maximum absolute atomic E-state index is 13.6. The number of hydrogen-bond donors (Lipinski definition) is 2. The van der Waals surface area contributed by atoms with Crippen molar-refractivity contribution in [2.75, 3.05) is 18.4 Å². The van der Waals surface area contributed by atoms with Crippen LogP contribution in [0.1, 0.15) is 29.4 Å². The Morgan fingerprint density at radius 1 is 1.26 bits per heavy atom. The number of fused-ring (bicyclic) bond motifs is 1. The second-order valence-corrected chi connectivity index (χ2v) is 6.67. The molecule has 1 aromatic carbocycles. The number of anilines is 1. The van der Waals surface area contributed by atoms with Gasteiger partial charge in [-0.15, -0.1) is 5.10 Å². The molecule has 7 nitrogen and oxygen atoms in total. The highest BCUT2D eigenvalue weighted by Gasteiger charge is 2.16. The van der Waals surface area contributed by atoms with Crippen LogP contribution in [0.2, 0.25) is 0 Å². The molecule has 0 bridgehead atoms. The molecule has 0 aliphatic carbocycles. The fourth-order valence-electron chi connectivity index (χ4n) is 2.46. The van der Waals surface area contributed by atoms with Crippen molar-refractivity contribution < 1.29 is 13.6 Å². The smallest absolute Gasteiger partial charge is 0.275 e. The summed E-state index contributed by atoms with van der Waals surface area (Å²) < 4.78 is 28.3. The van der Waals surface area contributed by atoms with Gasteiger partial charge in [0.1, 0.15) is 17.2 Å². The molecule has 0 aliphatic heterocycles. The van der Waals surface area contributed by atoms with Gasteiger partial charge in [-0.05, 0) is 18.6 Å². The van der Waals surface area contributed by atoms with E-state index in [-0.39, 0.29) is 18.6 Å². The fourth-order valence-corrected chi connectivity index (χ4v) is 3.31. The van der Waals surface area contributed by atoms with Gasteiger partial charge in [-0.25, -0.2) is 13.8 Å². The van der Waals surface area contributed by atoms with E-state index in [2.05, 4.69) is 20.7 Å². The monoisotopic (exact) mass is 393 g/mol. The molecule has 2 aromatic heterocycles. The molecule has 0 atom stereocenters. The summed E-state index contributed by atoms with van der Waals surface area (Å²) in [5.74, 6) is -2.67. The number of amides is 1. The van der Waals surface area contributed by atoms with Crippen LogP contribution in [-0.2, 0) is 6.42 Å². The molecule has 0 aliphatic rings. The molecule has 0 spiro atoms. The van der Waals surface area contributed by atoms with Crippen molar-refractivity contribution in [2.24, 2.45) is 0 Å². The average molecular weight is 393 g/mol. The Morgan fingerprint density at radius 2 is 2.00 bits per heavy atom. The number of benzene rings is 1. The molecule has 2 N–H and O–H groups in total. The first kappa shape index (κ1) is 18.9. The molecular formula is C17H17F2N5O2S. The molecule has 27 heavy (non-hydrogen) atoms. The maximum Gasteiger partial charge on any atom is 0.275 e. The number of carbonyl (C=O) groups excluding carboxylic acids is 1. The van der Waals surface area contributed by atoms with Crippen LogP contribution in [0.25, 0.3) is 4.96 Å². The van der Waals surface area contributed by atoms with Crippen molar-refractivity contribution in [3.8, 4) is 0 Å². The van der Waals surface area contributed by atoms with Crippen LogP contribution >= 0.6 is 11.3 Å². The minimum atomic E-state index is -0.917. The molecule has 0 radical (unpaired) electrons. The summed E-state index contributed by atoms with van der Waals surface area (Å²) in [5.41, 5.74) is -0.148. The summed E-state index contributed by atoms with van der Waals surface area (Å²) in [6.07, 6.45) is 1.60. The van der Waals surface area contributed by atoms with Crippen LogP contribution in [0, 0.1) is 11.6 Å². The van der Waals surface area contributed by atoms with Crippen molar-refractivity contribution in [1.29, 1.82) is 0 Å². The topological polar surface area (TPSA) is 88.4 Å². The van der Waals surface area contributed by atoms with E-state index in [0.717, 1.165) is 24.2 Å². The summed E-state index contributed by atoms with van der Waals surface area (Å²) in [6, 6.07) is 4.70. The molecule has 3 aromatic rings. The minimum Gasteiger partial charge on any atom is -0.358 e. The summed E-state index contributed by atoms with van der Waals surface area (Å²) in [7, 11) is 0. The van der Waals surface area contributed by atoms with Gasteiger partial charge in [0.05, 0.1) is 0 Å². The van der Waals surface area contributed by atoms with E-state index in [1.165, 1.54) is 28.0 Å². The molecule has 0 unspecified atom stereocenters. The van der Waals surface area contributed by atoms with Crippen LogP contribution in [-0.4, -0.2) is 33.6 Å². The number of rotatable bonds is 7. The number of hydrogen-bond acceptors (Lipinski definition) is 6. The SMILES string of the molecule is CCCc1cc(=O)n2nc(NCCNC(=O)c3c(F)cccc3F)sc2n1. The van der Waals surface area contributed by atoms with Crippen molar-refractivity contribution in [1.82, 2.24) is 19.9 Å². The predicted molar refractivity (Wildman–Crippen MR) is 98.3 cm³/mol. The second-order valence-electron chi connectivity index (χ2n) is 5.72. The molecule has 1 amide bonds. The number of carbonyl (C=O) groups is 1. The van der Waals surface area contributed by atoms with Gasteiger partial charge >= 0.3 is 0 Å². The van der Waals surface area contributed by atoms with Gasteiger partial charge in [0, 0.05) is 24.8 Å². The van der Waals surface area contributed by atoms with Crippen LogP contribution in [0.4, 0.5) is 13.9 Å². The Labute approximate surface area is 157 Å². The molecular weight excluding hydrogens is 376 g/mol. The number of aryl methyl sites for hydroxylation is 1. The van der Waals surface area contributed by atoms with E-state index in [9.17, 15) is 18.4 Å². The first-order valence-corrected chi connectivity index (χ1v) is 9.17. The number of aromatic nitrogens is 3. The Morgan fingerprint density at radius 3 is 2.70 bits per heavy atom. The first-order valence-electron chi connectivity index (χ1n) is 8.35. The van der Waals surface area contributed by atoms with Gasteiger partial charge in [0.25, 0.3) is 11.5 Å². The fraction of sp³-hybridized carbons (Fsp3) is 0.294. The molecule has 10 heteroatoms. The third-order valence-electron chi connectivity index (χ3n) is 3.68. The molecule has 3 rings (SSSR count). The van der Waals surface area contributed by atoms with E-state index in [1.807, 2.05) is 6.92 Å². The van der Waals surface area contributed by atoms with E-state index in [0.29, 0.717) is 16.5 Å². The summed E-state index contributed by atoms with van der Waals surface area (Å²) in [6.45, 7) is 2.38. The molecule has 142 valence electrons. The van der Waals surface area contributed by atoms with Gasteiger partial charge < -0.3 is 10.6 Å². The number of nitrogens with one attached hydrogen (secondary N) is 2. The highest BCUT2D eigenvalue weighted by Crippen LogP contribution is 2.16.